The van der Waals surface area contributed by atoms with Crippen LogP contribution in [0.25, 0.3) is 0 Å². The highest BCUT2D eigenvalue weighted by Gasteiger charge is 2.19. The van der Waals surface area contributed by atoms with Crippen LogP contribution in [0.2, 0.25) is 0 Å². The van der Waals surface area contributed by atoms with Crippen LogP contribution in [0.5, 0.6) is 0 Å². The molecule has 0 heterocycles. The second-order valence-electron chi connectivity index (χ2n) is 5.80. The first kappa shape index (κ1) is 12.5. The van der Waals surface area contributed by atoms with Gasteiger partial charge < -0.3 is 0 Å². The Bertz CT molecular complexity index is 232. The summed E-state index contributed by atoms with van der Waals surface area (Å²) in [5.74, 6) is 1.81. The van der Waals surface area contributed by atoms with Crippen molar-refractivity contribution in [3.63, 3.8) is 0 Å². The molecule has 0 saturated heterocycles. The molecule has 0 heteroatoms. The van der Waals surface area contributed by atoms with Crippen LogP contribution < -0.4 is 0 Å². The molecule has 1 rings (SSSR count). The Morgan fingerprint density at radius 2 is 2.00 bits per heavy atom. The molecule has 0 aromatic rings. The highest BCUT2D eigenvalue weighted by atomic mass is 14.2. The zero-order valence-corrected chi connectivity index (χ0v) is 10.8. The highest BCUT2D eigenvalue weighted by molar-refractivity contribution is 5.00. The number of allylic oxidation sites excluding steroid dienone is 4. The number of hydrogen-bond acceptors (Lipinski definition) is 0. The molecule has 0 spiro atoms. The summed E-state index contributed by atoms with van der Waals surface area (Å²) in [7, 11) is 0. The maximum Gasteiger partial charge on any atom is -0.0140 e. The molecule has 2 atom stereocenters. The van der Waals surface area contributed by atoms with Crippen LogP contribution >= 0.6 is 0 Å². The van der Waals surface area contributed by atoms with E-state index in [-0.39, 0.29) is 0 Å². The van der Waals surface area contributed by atoms with E-state index in [1.165, 1.54) is 25.7 Å². The molecule has 0 bridgehead atoms. The van der Waals surface area contributed by atoms with E-state index < -0.39 is 0 Å². The summed E-state index contributed by atoms with van der Waals surface area (Å²) in [6, 6.07) is 0. The first-order valence-electron chi connectivity index (χ1n) is 6.34. The van der Waals surface area contributed by atoms with Gasteiger partial charge in [0.2, 0.25) is 0 Å². The van der Waals surface area contributed by atoms with Gasteiger partial charge in [0.15, 0.2) is 0 Å². The summed E-state index contributed by atoms with van der Waals surface area (Å²) in [6.07, 6.45) is 14.7. The van der Waals surface area contributed by atoms with Crippen molar-refractivity contribution in [1.29, 1.82) is 0 Å². The normalized spacial score (nSPS) is 28.3. The van der Waals surface area contributed by atoms with Gasteiger partial charge >= 0.3 is 0 Å². The van der Waals surface area contributed by atoms with Crippen LogP contribution in [-0.4, -0.2) is 0 Å². The van der Waals surface area contributed by atoms with Gasteiger partial charge in [-0.3, -0.25) is 0 Å². The standard InChI is InChI=1S/C15H26/c1-5-10-15(3,4)11-6-7-14-9-8-13(2)12-14/h5-7,10,13-14H,8-9,11-12H2,1-4H3/b7-6+,10-5+. The molecule has 0 aromatic carbocycles. The van der Waals surface area contributed by atoms with E-state index in [0.29, 0.717) is 5.41 Å². The van der Waals surface area contributed by atoms with Crippen molar-refractivity contribution >= 4 is 0 Å². The van der Waals surface area contributed by atoms with Gasteiger partial charge in [-0.25, -0.2) is 0 Å². The van der Waals surface area contributed by atoms with Gasteiger partial charge in [-0.15, -0.1) is 0 Å². The second kappa shape index (κ2) is 5.53. The molecule has 86 valence electrons. The molecule has 0 radical (unpaired) electrons. The van der Waals surface area contributed by atoms with Gasteiger partial charge in [0, 0.05) is 0 Å². The van der Waals surface area contributed by atoms with Crippen molar-refractivity contribution in [1.82, 2.24) is 0 Å². The van der Waals surface area contributed by atoms with Crippen molar-refractivity contribution in [2.24, 2.45) is 17.3 Å². The average Bonchev–Trinajstić information content (AvgIpc) is 2.51. The summed E-state index contributed by atoms with van der Waals surface area (Å²) >= 11 is 0. The zero-order chi connectivity index (χ0) is 11.3. The Hall–Kier alpha value is -0.520. The third kappa shape index (κ3) is 4.68. The first-order valence-corrected chi connectivity index (χ1v) is 6.34. The Labute approximate surface area is 95.5 Å². The predicted octanol–water partition coefficient (Wildman–Crippen LogP) is 4.97. The van der Waals surface area contributed by atoms with Crippen LogP contribution in [0.15, 0.2) is 24.3 Å². The molecule has 1 aliphatic carbocycles. The lowest BCUT2D eigenvalue weighted by molar-refractivity contribution is 0.485. The lowest BCUT2D eigenvalue weighted by Gasteiger charge is -2.17. The van der Waals surface area contributed by atoms with Crippen LogP contribution in [-0.2, 0) is 0 Å². The maximum atomic E-state index is 2.45. The van der Waals surface area contributed by atoms with Gasteiger partial charge in [0.1, 0.15) is 0 Å². The topological polar surface area (TPSA) is 0 Å². The lowest BCUT2D eigenvalue weighted by atomic mass is 9.88. The SMILES string of the molecule is C/C=C/C(C)(C)C/C=C/C1CCC(C)C1. The van der Waals surface area contributed by atoms with E-state index in [4.69, 9.17) is 0 Å². The third-order valence-electron chi connectivity index (χ3n) is 3.41. The number of rotatable bonds is 4. The van der Waals surface area contributed by atoms with E-state index in [9.17, 15) is 0 Å². The number of hydrogen-bond donors (Lipinski definition) is 0. The van der Waals surface area contributed by atoms with Crippen molar-refractivity contribution in [3.05, 3.63) is 24.3 Å². The minimum Gasteiger partial charge on any atom is -0.0911 e. The second-order valence-corrected chi connectivity index (χ2v) is 5.80. The maximum absolute atomic E-state index is 2.45. The Morgan fingerprint density at radius 1 is 1.27 bits per heavy atom. The molecular weight excluding hydrogens is 180 g/mol. The van der Waals surface area contributed by atoms with Crippen molar-refractivity contribution in [2.75, 3.05) is 0 Å². The molecule has 0 aromatic heterocycles. The fraction of sp³-hybridized carbons (Fsp3) is 0.733. The first-order chi connectivity index (χ1) is 7.03. The van der Waals surface area contributed by atoms with Gasteiger partial charge in [-0.05, 0) is 43.4 Å². The average molecular weight is 206 g/mol. The quantitative estimate of drug-likeness (QED) is 0.570. The summed E-state index contributed by atoms with van der Waals surface area (Å²) in [5.41, 5.74) is 0.329. The molecule has 2 unspecified atom stereocenters. The summed E-state index contributed by atoms with van der Waals surface area (Å²) < 4.78 is 0. The minimum absolute atomic E-state index is 0.329. The fourth-order valence-electron chi connectivity index (χ4n) is 2.51. The fourth-order valence-corrected chi connectivity index (χ4v) is 2.51. The van der Waals surface area contributed by atoms with E-state index in [1.54, 1.807) is 0 Å². The van der Waals surface area contributed by atoms with E-state index in [0.717, 1.165) is 11.8 Å². The summed E-state index contributed by atoms with van der Waals surface area (Å²) in [4.78, 5) is 0. The molecular formula is C15H26. The Kier molecular flexibility index (Phi) is 4.63. The Balaban J connectivity index is 2.33. The highest BCUT2D eigenvalue weighted by Crippen LogP contribution is 2.32. The van der Waals surface area contributed by atoms with Gasteiger partial charge in [-0.1, -0.05) is 51.5 Å². The van der Waals surface area contributed by atoms with Crippen LogP contribution in [0.3, 0.4) is 0 Å². The molecule has 0 nitrogen and oxygen atoms in total. The van der Waals surface area contributed by atoms with Gasteiger partial charge in [0.25, 0.3) is 0 Å². The minimum atomic E-state index is 0.329. The predicted molar refractivity (Wildman–Crippen MR) is 68.9 cm³/mol. The van der Waals surface area contributed by atoms with Crippen LogP contribution in [0.4, 0.5) is 0 Å². The monoisotopic (exact) mass is 206 g/mol. The van der Waals surface area contributed by atoms with Crippen molar-refractivity contribution in [2.45, 2.75) is 53.4 Å². The van der Waals surface area contributed by atoms with Gasteiger partial charge in [0.05, 0.1) is 0 Å². The van der Waals surface area contributed by atoms with E-state index in [1.807, 2.05) is 0 Å². The molecule has 1 saturated carbocycles. The summed E-state index contributed by atoms with van der Waals surface area (Å²) in [6.45, 7) is 9.07. The molecule has 1 aliphatic rings. The lowest BCUT2D eigenvalue weighted by Crippen LogP contribution is -2.05. The molecule has 0 N–H and O–H groups in total. The summed E-state index contributed by atoms with van der Waals surface area (Å²) in [5, 5.41) is 0. The van der Waals surface area contributed by atoms with E-state index >= 15 is 0 Å². The van der Waals surface area contributed by atoms with Crippen LogP contribution in [0.1, 0.15) is 53.4 Å². The van der Waals surface area contributed by atoms with Crippen LogP contribution in [0, 0.1) is 17.3 Å². The third-order valence-corrected chi connectivity index (χ3v) is 3.41. The zero-order valence-electron chi connectivity index (χ0n) is 10.8. The molecule has 1 fully saturated rings. The molecule has 15 heavy (non-hydrogen) atoms. The van der Waals surface area contributed by atoms with Crippen molar-refractivity contribution in [3.8, 4) is 0 Å². The largest absolute Gasteiger partial charge is 0.0911 e. The Morgan fingerprint density at radius 3 is 2.53 bits per heavy atom. The van der Waals surface area contributed by atoms with Crippen molar-refractivity contribution < 1.29 is 0 Å². The van der Waals surface area contributed by atoms with Gasteiger partial charge in [-0.2, -0.15) is 0 Å². The molecule has 0 amide bonds. The smallest absolute Gasteiger partial charge is 0.0140 e. The van der Waals surface area contributed by atoms with E-state index in [2.05, 4.69) is 52.0 Å². The molecule has 0 aliphatic heterocycles.